The van der Waals surface area contributed by atoms with Crippen molar-refractivity contribution in [1.29, 1.82) is 0 Å². The van der Waals surface area contributed by atoms with Crippen molar-refractivity contribution in [3.05, 3.63) is 89.5 Å². The van der Waals surface area contributed by atoms with Gasteiger partial charge in [0.25, 0.3) is 5.91 Å². The van der Waals surface area contributed by atoms with Crippen molar-refractivity contribution in [3.63, 3.8) is 0 Å². The number of methoxy groups -OCH3 is 1. The summed E-state index contributed by atoms with van der Waals surface area (Å²) in [6.45, 7) is 2.14. The van der Waals surface area contributed by atoms with Crippen LogP contribution in [0, 0.1) is 0 Å². The van der Waals surface area contributed by atoms with Crippen LogP contribution in [-0.2, 0) is 21.4 Å². The molecule has 1 heterocycles. The molecule has 174 valence electrons. The van der Waals surface area contributed by atoms with Gasteiger partial charge in [0.05, 0.1) is 29.0 Å². The Labute approximate surface area is 198 Å². The molecule has 1 aliphatic rings. The van der Waals surface area contributed by atoms with Crippen LogP contribution in [0.25, 0.3) is 6.08 Å². The van der Waals surface area contributed by atoms with E-state index >= 15 is 0 Å². The maximum atomic E-state index is 13.0. The highest BCUT2D eigenvalue weighted by Crippen LogP contribution is 2.31. The largest absolute Gasteiger partial charge is 0.493 e. The zero-order valence-electron chi connectivity index (χ0n) is 18.6. The number of nitrogens with two attached hydrogens (primary N) is 1. The first kappa shape index (κ1) is 23.2. The number of benzene rings is 3. The fourth-order valence-electron chi connectivity index (χ4n) is 3.43. The Morgan fingerprint density at radius 3 is 2.35 bits per heavy atom. The second-order valence-electron chi connectivity index (χ2n) is 7.58. The molecule has 0 radical (unpaired) electrons. The number of sulfonamides is 1. The summed E-state index contributed by atoms with van der Waals surface area (Å²) in [6.07, 6.45) is 1.73. The van der Waals surface area contributed by atoms with Crippen molar-refractivity contribution in [2.75, 3.05) is 12.1 Å². The number of anilines is 1. The van der Waals surface area contributed by atoms with Gasteiger partial charge in [0, 0.05) is 0 Å². The summed E-state index contributed by atoms with van der Waals surface area (Å²) in [7, 11) is -2.26. The van der Waals surface area contributed by atoms with Gasteiger partial charge in [-0.1, -0.05) is 36.4 Å². The van der Waals surface area contributed by atoms with Gasteiger partial charge in [-0.3, -0.25) is 4.79 Å². The average Bonchev–Trinajstić information content (AvgIpc) is 3.11. The maximum absolute atomic E-state index is 13.0. The van der Waals surface area contributed by atoms with E-state index in [0.717, 1.165) is 11.1 Å². The normalized spacial score (nSPS) is 14.9. The molecule has 0 aromatic heterocycles. The molecule has 0 fully saturated rings. The monoisotopic (exact) mass is 477 g/mol. The molecule has 1 aliphatic heterocycles. The first-order chi connectivity index (χ1) is 16.3. The summed E-state index contributed by atoms with van der Waals surface area (Å²) in [5.74, 6) is 0.804. The van der Waals surface area contributed by atoms with Crippen molar-refractivity contribution in [2.45, 2.75) is 18.4 Å². The third-order valence-electron chi connectivity index (χ3n) is 5.21. The Morgan fingerprint density at radius 2 is 1.71 bits per heavy atom. The number of hydrogen-bond acceptors (Lipinski definition) is 6. The lowest BCUT2D eigenvalue weighted by atomic mass is 10.1. The van der Waals surface area contributed by atoms with Crippen molar-refractivity contribution in [1.82, 2.24) is 0 Å². The van der Waals surface area contributed by atoms with E-state index in [-0.39, 0.29) is 10.8 Å². The van der Waals surface area contributed by atoms with E-state index in [1.807, 2.05) is 36.4 Å². The summed E-state index contributed by atoms with van der Waals surface area (Å²) in [6, 6.07) is 20.9. The van der Waals surface area contributed by atoms with Gasteiger partial charge in [0.2, 0.25) is 10.0 Å². The standard InChI is InChI=1S/C25H23N3O5S/c1-17-22(25(29)28(27-17)20-9-11-21(12-10-20)34(26,30)31)14-19-8-13-23(24(15-19)32-2)33-16-18-6-4-3-5-7-18/h3-15H,16H2,1-2H3,(H2,26,30,31). The number of carbonyl (C=O) groups is 1. The molecule has 0 atom stereocenters. The summed E-state index contributed by atoms with van der Waals surface area (Å²) in [5.41, 5.74) is 3.16. The van der Waals surface area contributed by atoms with Gasteiger partial charge in [0.15, 0.2) is 11.5 Å². The summed E-state index contributed by atoms with van der Waals surface area (Å²) >= 11 is 0. The second-order valence-corrected chi connectivity index (χ2v) is 9.15. The van der Waals surface area contributed by atoms with Crippen molar-refractivity contribution < 1.29 is 22.7 Å². The molecule has 4 rings (SSSR count). The molecule has 2 N–H and O–H groups in total. The SMILES string of the molecule is COc1cc(C=C2C(=O)N(c3ccc(S(N)(=O)=O)cc3)N=C2C)ccc1OCc1ccccc1. The molecule has 3 aromatic carbocycles. The lowest BCUT2D eigenvalue weighted by molar-refractivity contribution is -0.114. The minimum Gasteiger partial charge on any atom is -0.493 e. The number of nitrogens with zero attached hydrogens (tertiary/aromatic N) is 2. The number of ether oxygens (including phenoxy) is 2. The molecule has 1 amide bonds. The third kappa shape index (κ3) is 5.00. The van der Waals surface area contributed by atoms with Crippen LogP contribution in [0.4, 0.5) is 5.69 Å². The Kier molecular flexibility index (Phi) is 6.49. The van der Waals surface area contributed by atoms with Gasteiger partial charge < -0.3 is 9.47 Å². The van der Waals surface area contributed by atoms with E-state index < -0.39 is 10.0 Å². The van der Waals surface area contributed by atoms with Crippen LogP contribution in [0.2, 0.25) is 0 Å². The number of primary sulfonamides is 1. The number of amides is 1. The summed E-state index contributed by atoms with van der Waals surface area (Å²) in [4.78, 5) is 13.0. The number of hydrazone groups is 1. The quantitative estimate of drug-likeness (QED) is 0.521. The minimum absolute atomic E-state index is 0.0407. The highest BCUT2D eigenvalue weighted by atomic mass is 32.2. The summed E-state index contributed by atoms with van der Waals surface area (Å²) in [5, 5.41) is 10.7. The molecule has 8 nitrogen and oxygen atoms in total. The topological polar surface area (TPSA) is 111 Å². The van der Waals surface area contributed by atoms with E-state index in [0.29, 0.717) is 35.1 Å². The van der Waals surface area contributed by atoms with Gasteiger partial charge in [0.1, 0.15) is 6.61 Å². The summed E-state index contributed by atoms with van der Waals surface area (Å²) < 4.78 is 34.3. The van der Waals surface area contributed by atoms with Crippen LogP contribution in [0.1, 0.15) is 18.1 Å². The van der Waals surface area contributed by atoms with E-state index in [2.05, 4.69) is 5.10 Å². The molecule has 0 bridgehead atoms. The lowest BCUT2D eigenvalue weighted by Crippen LogP contribution is -2.21. The van der Waals surface area contributed by atoms with E-state index in [4.69, 9.17) is 14.6 Å². The van der Waals surface area contributed by atoms with Crippen molar-refractivity contribution >= 4 is 33.4 Å². The van der Waals surface area contributed by atoms with Crippen LogP contribution in [0.15, 0.2) is 88.4 Å². The number of rotatable bonds is 7. The molecule has 0 spiro atoms. The number of hydrogen-bond donors (Lipinski definition) is 1. The highest BCUT2D eigenvalue weighted by Gasteiger charge is 2.29. The molecule has 0 aliphatic carbocycles. The van der Waals surface area contributed by atoms with Gasteiger partial charge in [-0.25, -0.2) is 13.6 Å². The molecular formula is C25H23N3O5S. The molecule has 34 heavy (non-hydrogen) atoms. The van der Waals surface area contributed by atoms with Crippen LogP contribution in [-0.4, -0.2) is 27.1 Å². The molecule has 0 saturated carbocycles. The Balaban J connectivity index is 1.54. The zero-order valence-corrected chi connectivity index (χ0v) is 19.5. The van der Waals surface area contributed by atoms with Gasteiger partial charge in [-0.2, -0.15) is 10.1 Å². The fraction of sp³-hybridized carbons (Fsp3) is 0.120. The van der Waals surface area contributed by atoms with E-state index in [9.17, 15) is 13.2 Å². The van der Waals surface area contributed by atoms with Crippen LogP contribution >= 0.6 is 0 Å². The van der Waals surface area contributed by atoms with Crippen molar-refractivity contribution in [2.24, 2.45) is 10.2 Å². The van der Waals surface area contributed by atoms with Gasteiger partial charge >= 0.3 is 0 Å². The first-order valence-corrected chi connectivity index (χ1v) is 11.9. The van der Waals surface area contributed by atoms with Crippen molar-refractivity contribution in [3.8, 4) is 11.5 Å². The predicted molar refractivity (Wildman–Crippen MR) is 130 cm³/mol. The number of carbonyl (C=O) groups excluding carboxylic acids is 1. The average molecular weight is 478 g/mol. The highest BCUT2D eigenvalue weighted by molar-refractivity contribution is 7.89. The van der Waals surface area contributed by atoms with Crippen LogP contribution in [0.3, 0.4) is 0 Å². The Hall–Kier alpha value is -3.95. The minimum atomic E-state index is -3.82. The molecule has 0 saturated heterocycles. The maximum Gasteiger partial charge on any atom is 0.280 e. The van der Waals surface area contributed by atoms with Crippen LogP contribution < -0.4 is 19.6 Å². The van der Waals surface area contributed by atoms with E-state index in [1.54, 1.807) is 32.2 Å². The first-order valence-electron chi connectivity index (χ1n) is 10.4. The van der Waals surface area contributed by atoms with Gasteiger partial charge in [-0.15, -0.1) is 0 Å². The van der Waals surface area contributed by atoms with Crippen LogP contribution in [0.5, 0.6) is 11.5 Å². The molecule has 0 unspecified atom stereocenters. The van der Waals surface area contributed by atoms with E-state index in [1.165, 1.54) is 29.3 Å². The lowest BCUT2D eigenvalue weighted by Gasteiger charge is -2.13. The third-order valence-corrected chi connectivity index (χ3v) is 6.14. The Morgan fingerprint density at radius 1 is 1.00 bits per heavy atom. The molecule has 9 heteroatoms. The molecule has 3 aromatic rings. The smallest absolute Gasteiger partial charge is 0.280 e. The zero-order chi connectivity index (χ0) is 24.3. The Bertz CT molecular complexity index is 1380. The fourth-order valence-corrected chi connectivity index (χ4v) is 3.95. The second kappa shape index (κ2) is 9.50. The van der Waals surface area contributed by atoms with Gasteiger partial charge in [-0.05, 0) is 60.5 Å². The molecular weight excluding hydrogens is 454 g/mol. The predicted octanol–water partition coefficient (Wildman–Crippen LogP) is 3.73.